The van der Waals surface area contributed by atoms with E-state index in [1.807, 2.05) is 0 Å². The van der Waals surface area contributed by atoms with Crippen LogP contribution in [0.5, 0.6) is 0 Å². The number of rotatable bonds is 17. The molecule has 0 N–H and O–H groups in total. The summed E-state index contributed by atoms with van der Waals surface area (Å²) in [5, 5.41) is 0. The molecule has 310 valence electrons. The Morgan fingerprint density at radius 3 is 0.645 bits per heavy atom. The maximum absolute atomic E-state index is 2.36. The zero-order valence-electron chi connectivity index (χ0n) is 37.0. The van der Waals surface area contributed by atoms with E-state index in [0.29, 0.717) is 0 Å². The molecule has 0 aliphatic heterocycles. The number of nitrogens with zero attached hydrogens (tertiary/aromatic N) is 2. The molecule has 0 saturated heterocycles. The number of hydrogen-bond donors (Lipinski definition) is 0. The van der Waals surface area contributed by atoms with Gasteiger partial charge in [0.25, 0.3) is 0 Å². The second-order valence-corrected chi connectivity index (χ2v) is 16.5. The average molecular weight is 809 g/mol. The first kappa shape index (κ1) is 42.1. The molecule has 0 fully saturated rings. The SMILES string of the molecule is CCCCc1ccc(N(c2ccc(CC)cc2)c2ccc(-c3ccc(-c4ccc(-c5ccc(N(c6ccc(CC)cc6)c6ccc(CCCC)cc6)cc5)cc4)cc3)cc2)cc1. The molecule has 2 nitrogen and oxygen atoms in total. The second kappa shape index (κ2) is 20.3. The summed E-state index contributed by atoms with van der Waals surface area (Å²) >= 11 is 0. The van der Waals surface area contributed by atoms with Crippen molar-refractivity contribution in [1.82, 2.24) is 0 Å². The maximum atomic E-state index is 2.36. The molecule has 0 radical (unpaired) electrons. The van der Waals surface area contributed by atoms with Gasteiger partial charge in [0.1, 0.15) is 0 Å². The highest BCUT2D eigenvalue weighted by Gasteiger charge is 2.15. The van der Waals surface area contributed by atoms with Crippen LogP contribution < -0.4 is 9.80 Å². The summed E-state index contributed by atoms with van der Waals surface area (Å²) < 4.78 is 0. The predicted octanol–water partition coefficient (Wildman–Crippen LogP) is 17.4. The summed E-state index contributed by atoms with van der Waals surface area (Å²) in [6.07, 6.45) is 9.17. The molecule has 8 aromatic rings. The molecule has 0 aromatic heterocycles. The first-order valence-electron chi connectivity index (χ1n) is 22.9. The van der Waals surface area contributed by atoms with E-state index in [2.05, 4.69) is 232 Å². The fourth-order valence-electron chi connectivity index (χ4n) is 8.36. The molecule has 0 saturated carbocycles. The van der Waals surface area contributed by atoms with Gasteiger partial charge in [0.15, 0.2) is 0 Å². The Morgan fingerprint density at radius 1 is 0.242 bits per heavy atom. The summed E-state index contributed by atoms with van der Waals surface area (Å²) in [6.45, 7) is 8.92. The van der Waals surface area contributed by atoms with E-state index < -0.39 is 0 Å². The number of unbranched alkanes of at least 4 members (excludes halogenated alkanes) is 2. The van der Waals surface area contributed by atoms with E-state index in [0.717, 1.165) is 37.1 Å². The molecule has 0 unspecified atom stereocenters. The van der Waals surface area contributed by atoms with Gasteiger partial charge in [0, 0.05) is 34.1 Å². The van der Waals surface area contributed by atoms with Crippen LogP contribution in [0.25, 0.3) is 33.4 Å². The zero-order chi connectivity index (χ0) is 42.7. The normalized spacial score (nSPS) is 11.1. The third-order valence-corrected chi connectivity index (χ3v) is 12.3. The third kappa shape index (κ3) is 9.93. The smallest absolute Gasteiger partial charge is 0.0462 e. The van der Waals surface area contributed by atoms with E-state index in [1.54, 1.807) is 0 Å². The molecule has 62 heavy (non-hydrogen) atoms. The number of anilines is 6. The summed E-state index contributed by atoms with van der Waals surface area (Å²) in [7, 11) is 0. The molecule has 0 bridgehead atoms. The molecule has 0 heterocycles. The molecule has 0 aliphatic rings. The molecular weight excluding hydrogens is 749 g/mol. The highest BCUT2D eigenvalue weighted by molar-refractivity contribution is 5.81. The van der Waals surface area contributed by atoms with Crippen LogP contribution >= 0.6 is 0 Å². The largest absolute Gasteiger partial charge is 0.311 e. The highest BCUT2D eigenvalue weighted by Crippen LogP contribution is 2.38. The van der Waals surface area contributed by atoms with Crippen molar-refractivity contribution in [3.8, 4) is 33.4 Å². The van der Waals surface area contributed by atoms with Crippen LogP contribution in [-0.4, -0.2) is 0 Å². The van der Waals surface area contributed by atoms with E-state index in [9.17, 15) is 0 Å². The Hall–Kier alpha value is -6.64. The van der Waals surface area contributed by atoms with E-state index in [1.165, 1.54) is 104 Å². The number of hydrogen-bond acceptors (Lipinski definition) is 2. The van der Waals surface area contributed by atoms with Gasteiger partial charge in [0.05, 0.1) is 0 Å². The van der Waals surface area contributed by atoms with Crippen LogP contribution in [0.2, 0.25) is 0 Å². The van der Waals surface area contributed by atoms with Crippen LogP contribution in [0.4, 0.5) is 34.1 Å². The first-order valence-corrected chi connectivity index (χ1v) is 22.9. The van der Waals surface area contributed by atoms with Gasteiger partial charge in [-0.25, -0.2) is 0 Å². The standard InChI is InChI=1S/C60H60N2/c1-5-9-11-47-17-37-57(38-18-47)61(55-33-13-45(7-3)14-34-55)59-41-29-53(30-42-59)51-25-21-49(22-26-51)50-23-27-52(28-24-50)54-31-43-60(44-32-54)62(56-35-15-46(8-4)16-36-56)58-39-19-48(20-40-58)12-10-6-2/h13-44H,5-12H2,1-4H3. The van der Waals surface area contributed by atoms with Crippen molar-refractivity contribution in [2.45, 2.75) is 79.1 Å². The second-order valence-electron chi connectivity index (χ2n) is 16.5. The van der Waals surface area contributed by atoms with Crippen molar-refractivity contribution in [2.75, 3.05) is 9.80 Å². The molecule has 0 amide bonds. The van der Waals surface area contributed by atoms with Gasteiger partial charge in [-0.1, -0.05) is 162 Å². The van der Waals surface area contributed by atoms with Gasteiger partial charge < -0.3 is 9.80 Å². The monoisotopic (exact) mass is 808 g/mol. The van der Waals surface area contributed by atoms with Gasteiger partial charge in [0.2, 0.25) is 0 Å². The Labute approximate surface area is 371 Å². The Balaban J connectivity index is 0.975. The molecule has 0 spiro atoms. The van der Waals surface area contributed by atoms with Gasteiger partial charge >= 0.3 is 0 Å². The topological polar surface area (TPSA) is 6.48 Å². The minimum Gasteiger partial charge on any atom is -0.311 e. The summed E-state index contributed by atoms with van der Waals surface area (Å²) in [6, 6.07) is 72.1. The van der Waals surface area contributed by atoms with Crippen LogP contribution in [0.3, 0.4) is 0 Å². The minimum absolute atomic E-state index is 1.03. The number of benzene rings is 8. The van der Waals surface area contributed by atoms with E-state index in [-0.39, 0.29) is 0 Å². The van der Waals surface area contributed by atoms with Crippen molar-refractivity contribution in [3.05, 3.63) is 216 Å². The van der Waals surface area contributed by atoms with Crippen molar-refractivity contribution in [3.63, 3.8) is 0 Å². The van der Waals surface area contributed by atoms with E-state index >= 15 is 0 Å². The van der Waals surface area contributed by atoms with Gasteiger partial charge in [-0.2, -0.15) is 0 Å². The summed E-state index contributed by atoms with van der Waals surface area (Å²) in [4.78, 5) is 4.73. The third-order valence-electron chi connectivity index (χ3n) is 12.3. The molecule has 0 aliphatic carbocycles. The lowest BCUT2D eigenvalue weighted by Gasteiger charge is -2.26. The van der Waals surface area contributed by atoms with Crippen LogP contribution in [0, 0.1) is 0 Å². The summed E-state index contributed by atoms with van der Waals surface area (Å²) in [5.41, 5.74) is 19.7. The van der Waals surface area contributed by atoms with Gasteiger partial charge in [-0.05, 0) is 167 Å². The minimum atomic E-state index is 1.03. The van der Waals surface area contributed by atoms with Crippen molar-refractivity contribution < 1.29 is 0 Å². The molecular formula is C60H60N2. The van der Waals surface area contributed by atoms with Crippen molar-refractivity contribution in [1.29, 1.82) is 0 Å². The van der Waals surface area contributed by atoms with Gasteiger partial charge in [-0.15, -0.1) is 0 Å². The number of aryl methyl sites for hydroxylation is 4. The van der Waals surface area contributed by atoms with E-state index in [4.69, 9.17) is 0 Å². The predicted molar refractivity (Wildman–Crippen MR) is 268 cm³/mol. The van der Waals surface area contributed by atoms with Crippen molar-refractivity contribution in [2.24, 2.45) is 0 Å². The Morgan fingerprint density at radius 2 is 0.435 bits per heavy atom. The molecule has 2 heteroatoms. The first-order chi connectivity index (χ1) is 30.5. The van der Waals surface area contributed by atoms with Crippen LogP contribution in [0.15, 0.2) is 194 Å². The zero-order valence-corrected chi connectivity index (χ0v) is 37.0. The quantitative estimate of drug-likeness (QED) is 0.0904. The molecule has 8 aromatic carbocycles. The van der Waals surface area contributed by atoms with Crippen LogP contribution in [-0.2, 0) is 25.7 Å². The Kier molecular flexibility index (Phi) is 13.8. The van der Waals surface area contributed by atoms with Gasteiger partial charge in [-0.3, -0.25) is 0 Å². The fraction of sp³-hybridized carbons (Fsp3) is 0.200. The van der Waals surface area contributed by atoms with Crippen LogP contribution in [0.1, 0.15) is 75.6 Å². The highest BCUT2D eigenvalue weighted by atomic mass is 15.1. The lowest BCUT2D eigenvalue weighted by Crippen LogP contribution is -2.10. The average Bonchev–Trinajstić information content (AvgIpc) is 3.34. The lowest BCUT2D eigenvalue weighted by molar-refractivity contribution is 0.795. The maximum Gasteiger partial charge on any atom is 0.0462 e. The molecule has 0 atom stereocenters. The van der Waals surface area contributed by atoms with Crippen molar-refractivity contribution >= 4 is 34.1 Å². The lowest BCUT2D eigenvalue weighted by atomic mass is 9.97. The molecule has 8 rings (SSSR count). The Bertz CT molecular complexity index is 2400. The fourth-order valence-corrected chi connectivity index (χ4v) is 8.36. The summed E-state index contributed by atoms with van der Waals surface area (Å²) in [5.74, 6) is 0.